The van der Waals surface area contributed by atoms with Crippen molar-refractivity contribution in [2.24, 2.45) is 12.8 Å². The van der Waals surface area contributed by atoms with Crippen molar-refractivity contribution in [1.82, 2.24) is 19.7 Å². The highest BCUT2D eigenvalue weighted by molar-refractivity contribution is 7.99. The van der Waals surface area contributed by atoms with Gasteiger partial charge in [0.2, 0.25) is 0 Å². The topological polar surface area (TPSA) is 69.6 Å². The number of nitrogens with zero attached hydrogens (tertiary/aromatic N) is 4. The summed E-state index contributed by atoms with van der Waals surface area (Å²) < 4.78 is 1.95. The highest BCUT2D eigenvalue weighted by Gasteiger charge is 2.08. The van der Waals surface area contributed by atoms with Gasteiger partial charge in [-0.15, -0.1) is 10.2 Å². The van der Waals surface area contributed by atoms with E-state index in [0.29, 0.717) is 0 Å². The van der Waals surface area contributed by atoms with Gasteiger partial charge in [0.15, 0.2) is 5.16 Å². The standard InChI is InChI=1S/C12H17N5S/c1-4-10(13)11-6-5-9(7-14-11)18-12-16-15-8(2)17(12)3/h5-7,10H,4,13H2,1-3H3/t10-/m1/s1. The van der Waals surface area contributed by atoms with Crippen LogP contribution in [0.25, 0.3) is 0 Å². The van der Waals surface area contributed by atoms with E-state index in [9.17, 15) is 0 Å². The summed E-state index contributed by atoms with van der Waals surface area (Å²) in [6, 6.07) is 4.01. The lowest BCUT2D eigenvalue weighted by atomic mass is 10.1. The summed E-state index contributed by atoms with van der Waals surface area (Å²) in [5.74, 6) is 0.898. The van der Waals surface area contributed by atoms with Gasteiger partial charge in [-0.1, -0.05) is 6.92 Å². The molecular formula is C12H17N5S. The van der Waals surface area contributed by atoms with Crippen molar-refractivity contribution >= 4 is 11.8 Å². The van der Waals surface area contributed by atoms with Crippen LogP contribution in [0, 0.1) is 6.92 Å². The van der Waals surface area contributed by atoms with Crippen LogP contribution in [-0.4, -0.2) is 19.7 Å². The molecule has 2 aromatic rings. The van der Waals surface area contributed by atoms with E-state index < -0.39 is 0 Å². The first-order valence-electron chi connectivity index (χ1n) is 5.87. The molecule has 0 aliphatic carbocycles. The lowest BCUT2D eigenvalue weighted by Crippen LogP contribution is -2.10. The number of nitrogens with two attached hydrogens (primary N) is 1. The number of pyridine rings is 1. The van der Waals surface area contributed by atoms with Crippen molar-refractivity contribution < 1.29 is 0 Å². The van der Waals surface area contributed by atoms with Crippen LogP contribution >= 0.6 is 11.8 Å². The molecule has 2 aromatic heterocycles. The SMILES string of the molecule is CC[C@@H](N)c1ccc(Sc2nnc(C)n2C)cn1. The predicted molar refractivity (Wildman–Crippen MR) is 71.3 cm³/mol. The molecule has 1 atom stereocenters. The number of hydrogen-bond acceptors (Lipinski definition) is 5. The van der Waals surface area contributed by atoms with Crippen LogP contribution in [0.1, 0.15) is 30.9 Å². The Kier molecular flexibility index (Phi) is 3.98. The molecule has 0 aliphatic heterocycles. The third kappa shape index (κ3) is 2.70. The summed E-state index contributed by atoms with van der Waals surface area (Å²) in [6.45, 7) is 3.98. The van der Waals surface area contributed by atoms with Crippen LogP contribution in [0.15, 0.2) is 28.4 Å². The molecule has 96 valence electrons. The minimum atomic E-state index is 0.0149. The highest BCUT2D eigenvalue weighted by Crippen LogP contribution is 2.26. The maximum Gasteiger partial charge on any atom is 0.195 e. The molecule has 0 radical (unpaired) electrons. The molecule has 0 saturated carbocycles. The Labute approximate surface area is 111 Å². The minimum Gasteiger partial charge on any atom is -0.323 e. The number of aryl methyl sites for hydroxylation is 1. The van der Waals surface area contributed by atoms with E-state index in [2.05, 4.69) is 22.1 Å². The maximum atomic E-state index is 5.93. The largest absolute Gasteiger partial charge is 0.323 e. The van der Waals surface area contributed by atoms with Gasteiger partial charge in [-0.25, -0.2) is 0 Å². The van der Waals surface area contributed by atoms with Gasteiger partial charge in [0, 0.05) is 24.2 Å². The van der Waals surface area contributed by atoms with E-state index in [4.69, 9.17) is 5.73 Å². The molecule has 2 heterocycles. The van der Waals surface area contributed by atoms with Gasteiger partial charge < -0.3 is 10.3 Å². The second kappa shape index (κ2) is 5.49. The van der Waals surface area contributed by atoms with Gasteiger partial charge in [-0.2, -0.15) is 0 Å². The zero-order chi connectivity index (χ0) is 13.1. The summed E-state index contributed by atoms with van der Waals surface area (Å²) in [5.41, 5.74) is 6.86. The number of aromatic nitrogens is 4. The Hall–Kier alpha value is -1.40. The van der Waals surface area contributed by atoms with Crippen LogP contribution in [0.4, 0.5) is 0 Å². The molecule has 0 bridgehead atoms. The molecule has 0 saturated heterocycles. The van der Waals surface area contributed by atoms with Gasteiger partial charge in [0.05, 0.1) is 5.69 Å². The van der Waals surface area contributed by atoms with Gasteiger partial charge in [-0.3, -0.25) is 4.98 Å². The first-order valence-corrected chi connectivity index (χ1v) is 6.68. The summed E-state index contributed by atoms with van der Waals surface area (Å²) in [4.78, 5) is 5.42. The summed E-state index contributed by atoms with van der Waals surface area (Å²) in [5, 5.41) is 8.99. The van der Waals surface area contributed by atoms with Gasteiger partial charge in [0.25, 0.3) is 0 Å². The average molecular weight is 263 g/mol. The molecule has 0 amide bonds. The van der Waals surface area contributed by atoms with E-state index in [1.54, 1.807) is 11.8 Å². The van der Waals surface area contributed by atoms with Crippen molar-refractivity contribution in [2.75, 3.05) is 0 Å². The third-order valence-corrected chi connectivity index (χ3v) is 3.86. The van der Waals surface area contributed by atoms with Crippen molar-refractivity contribution in [3.63, 3.8) is 0 Å². The van der Waals surface area contributed by atoms with Crippen molar-refractivity contribution in [2.45, 2.75) is 36.4 Å². The number of hydrogen-bond donors (Lipinski definition) is 1. The Morgan fingerprint density at radius 2 is 2.17 bits per heavy atom. The second-order valence-electron chi connectivity index (χ2n) is 4.12. The molecule has 2 rings (SSSR count). The molecule has 5 nitrogen and oxygen atoms in total. The maximum absolute atomic E-state index is 5.93. The van der Waals surface area contributed by atoms with E-state index in [-0.39, 0.29) is 6.04 Å². The van der Waals surface area contributed by atoms with E-state index in [1.165, 1.54) is 0 Å². The second-order valence-corrected chi connectivity index (χ2v) is 5.17. The smallest absolute Gasteiger partial charge is 0.195 e. The van der Waals surface area contributed by atoms with Crippen molar-refractivity contribution in [3.05, 3.63) is 29.8 Å². The minimum absolute atomic E-state index is 0.0149. The van der Waals surface area contributed by atoms with E-state index in [1.807, 2.05) is 36.9 Å². The van der Waals surface area contributed by atoms with Crippen molar-refractivity contribution in [3.8, 4) is 0 Å². The molecule has 0 aliphatic rings. The summed E-state index contributed by atoms with van der Waals surface area (Å²) >= 11 is 1.55. The van der Waals surface area contributed by atoms with Crippen LogP contribution in [0.3, 0.4) is 0 Å². The lowest BCUT2D eigenvalue weighted by molar-refractivity contribution is 0.674. The van der Waals surface area contributed by atoms with Gasteiger partial charge in [0.1, 0.15) is 5.82 Å². The Bertz CT molecular complexity index is 520. The molecule has 0 unspecified atom stereocenters. The van der Waals surface area contributed by atoms with E-state index in [0.717, 1.165) is 28.0 Å². The zero-order valence-corrected chi connectivity index (χ0v) is 11.6. The van der Waals surface area contributed by atoms with Gasteiger partial charge >= 0.3 is 0 Å². The Morgan fingerprint density at radius 3 is 2.67 bits per heavy atom. The normalized spacial score (nSPS) is 12.7. The highest BCUT2D eigenvalue weighted by atomic mass is 32.2. The van der Waals surface area contributed by atoms with Crippen LogP contribution in [0.2, 0.25) is 0 Å². The predicted octanol–water partition coefficient (Wildman–Crippen LogP) is 2.08. The average Bonchev–Trinajstić information content (AvgIpc) is 2.71. The third-order valence-electron chi connectivity index (χ3n) is 2.84. The van der Waals surface area contributed by atoms with Crippen LogP contribution in [-0.2, 0) is 7.05 Å². The molecule has 2 N–H and O–H groups in total. The first kappa shape index (κ1) is 13.0. The van der Waals surface area contributed by atoms with E-state index >= 15 is 0 Å². The zero-order valence-electron chi connectivity index (χ0n) is 10.8. The summed E-state index contributed by atoms with van der Waals surface area (Å²) in [6.07, 6.45) is 2.72. The number of rotatable bonds is 4. The van der Waals surface area contributed by atoms with Crippen molar-refractivity contribution in [1.29, 1.82) is 0 Å². The monoisotopic (exact) mass is 263 g/mol. The fourth-order valence-corrected chi connectivity index (χ4v) is 2.27. The Balaban J connectivity index is 2.13. The van der Waals surface area contributed by atoms with Crippen LogP contribution < -0.4 is 5.73 Å². The first-order chi connectivity index (χ1) is 8.61. The van der Waals surface area contributed by atoms with Gasteiger partial charge in [-0.05, 0) is 37.2 Å². The molecular weight excluding hydrogens is 246 g/mol. The Morgan fingerprint density at radius 1 is 1.39 bits per heavy atom. The fraction of sp³-hybridized carbons (Fsp3) is 0.417. The molecule has 6 heteroatoms. The lowest BCUT2D eigenvalue weighted by Gasteiger charge is -2.08. The summed E-state index contributed by atoms with van der Waals surface area (Å²) in [7, 11) is 1.95. The fourth-order valence-electron chi connectivity index (χ4n) is 1.46. The van der Waals surface area contributed by atoms with Crippen LogP contribution in [0.5, 0.6) is 0 Å². The molecule has 0 fully saturated rings. The quantitative estimate of drug-likeness (QED) is 0.914. The molecule has 18 heavy (non-hydrogen) atoms. The molecule has 0 spiro atoms. The molecule has 0 aromatic carbocycles.